The fourth-order valence-electron chi connectivity index (χ4n) is 2.40. The maximum Gasteiger partial charge on any atom is 0.333 e. The molecule has 0 aromatic carbocycles. The lowest BCUT2D eigenvalue weighted by atomic mass is 9.82. The van der Waals surface area contributed by atoms with Crippen molar-refractivity contribution in [2.45, 2.75) is 26.7 Å². The lowest BCUT2D eigenvalue weighted by molar-refractivity contribution is -0.384. The third-order valence-electron chi connectivity index (χ3n) is 3.76. The van der Waals surface area contributed by atoms with E-state index in [1.165, 1.54) is 4.68 Å². The Morgan fingerprint density at radius 1 is 1.53 bits per heavy atom. The van der Waals surface area contributed by atoms with Gasteiger partial charge in [0.2, 0.25) is 5.82 Å². The van der Waals surface area contributed by atoms with Gasteiger partial charge in [0.05, 0.1) is 4.92 Å². The van der Waals surface area contributed by atoms with Crippen LogP contribution >= 0.6 is 0 Å². The van der Waals surface area contributed by atoms with E-state index in [4.69, 9.17) is 4.74 Å². The number of hydrogen-bond acceptors (Lipinski definition) is 5. The molecule has 1 aromatic heterocycles. The van der Waals surface area contributed by atoms with Crippen molar-refractivity contribution < 1.29 is 9.66 Å². The summed E-state index contributed by atoms with van der Waals surface area (Å²) < 4.78 is 6.89. The average Bonchev–Trinajstić information content (AvgIpc) is 2.62. The van der Waals surface area contributed by atoms with Gasteiger partial charge in [-0.1, -0.05) is 6.92 Å². The summed E-state index contributed by atoms with van der Waals surface area (Å²) in [6, 6.07) is 0. The second kappa shape index (κ2) is 5.16. The predicted molar refractivity (Wildman–Crippen MR) is 71.2 cm³/mol. The zero-order valence-electron chi connectivity index (χ0n) is 11.6. The van der Waals surface area contributed by atoms with Gasteiger partial charge in [0, 0.05) is 26.8 Å². The van der Waals surface area contributed by atoms with Crippen molar-refractivity contribution in [3.05, 3.63) is 15.8 Å². The summed E-state index contributed by atoms with van der Waals surface area (Å²) >= 11 is 0. The zero-order valence-corrected chi connectivity index (χ0v) is 11.6. The second-order valence-electron chi connectivity index (χ2n) is 5.44. The maximum absolute atomic E-state index is 11.1. The van der Waals surface area contributed by atoms with E-state index in [0.717, 1.165) is 26.1 Å². The molecule has 7 nitrogen and oxygen atoms in total. The molecule has 1 fully saturated rings. The van der Waals surface area contributed by atoms with E-state index in [1.807, 2.05) is 0 Å². The highest BCUT2D eigenvalue weighted by Gasteiger charge is 2.30. The first kappa shape index (κ1) is 13.8. The maximum atomic E-state index is 11.1. The molecule has 1 N–H and O–H groups in total. The number of anilines is 1. The third kappa shape index (κ3) is 2.86. The Kier molecular flexibility index (Phi) is 3.75. The van der Waals surface area contributed by atoms with Crippen LogP contribution in [-0.2, 0) is 11.8 Å². The molecule has 0 amide bonds. The van der Waals surface area contributed by atoms with Crippen LogP contribution in [0.15, 0.2) is 0 Å². The van der Waals surface area contributed by atoms with Gasteiger partial charge in [0.1, 0.15) is 5.69 Å². The first-order chi connectivity index (χ1) is 8.93. The first-order valence-corrected chi connectivity index (χ1v) is 6.42. The Labute approximate surface area is 112 Å². The molecule has 0 aliphatic carbocycles. The summed E-state index contributed by atoms with van der Waals surface area (Å²) in [5, 5.41) is 18.4. The van der Waals surface area contributed by atoms with Crippen molar-refractivity contribution in [1.29, 1.82) is 0 Å². The van der Waals surface area contributed by atoms with E-state index >= 15 is 0 Å². The number of nitrogens with one attached hydrogen (secondary N) is 1. The Bertz CT molecular complexity index is 478. The van der Waals surface area contributed by atoms with Gasteiger partial charge >= 0.3 is 5.69 Å². The van der Waals surface area contributed by atoms with Crippen molar-refractivity contribution in [3.63, 3.8) is 0 Å². The monoisotopic (exact) mass is 268 g/mol. The van der Waals surface area contributed by atoms with E-state index < -0.39 is 0 Å². The second-order valence-corrected chi connectivity index (χ2v) is 5.44. The van der Waals surface area contributed by atoms with Crippen molar-refractivity contribution in [1.82, 2.24) is 9.78 Å². The Balaban J connectivity index is 2.13. The molecule has 19 heavy (non-hydrogen) atoms. The highest BCUT2D eigenvalue weighted by atomic mass is 16.6. The van der Waals surface area contributed by atoms with Gasteiger partial charge in [0.15, 0.2) is 0 Å². The van der Waals surface area contributed by atoms with Crippen LogP contribution in [0.25, 0.3) is 0 Å². The zero-order chi connectivity index (χ0) is 14.0. The van der Waals surface area contributed by atoms with E-state index in [9.17, 15) is 10.1 Å². The van der Waals surface area contributed by atoms with Gasteiger partial charge in [-0.2, -0.15) is 5.10 Å². The SMILES string of the molecule is Cc1nn(C)c(NCC2(C)CCOCC2)c1[N+](=O)[O-]. The van der Waals surface area contributed by atoms with E-state index in [-0.39, 0.29) is 16.0 Å². The highest BCUT2D eigenvalue weighted by Crippen LogP contribution is 2.32. The smallest absolute Gasteiger partial charge is 0.333 e. The molecule has 0 bridgehead atoms. The van der Waals surface area contributed by atoms with E-state index in [0.29, 0.717) is 18.1 Å². The number of aromatic nitrogens is 2. The Hall–Kier alpha value is -1.63. The number of aryl methyl sites for hydroxylation is 2. The third-order valence-corrected chi connectivity index (χ3v) is 3.76. The number of rotatable bonds is 4. The summed E-state index contributed by atoms with van der Waals surface area (Å²) in [6.07, 6.45) is 1.93. The lowest BCUT2D eigenvalue weighted by Crippen LogP contribution is -2.33. The number of nitro groups is 1. The number of hydrogen-bond donors (Lipinski definition) is 1. The molecule has 106 valence electrons. The minimum Gasteiger partial charge on any atom is -0.381 e. The summed E-state index contributed by atoms with van der Waals surface area (Å²) in [6.45, 7) is 6.03. The van der Waals surface area contributed by atoms with Crippen molar-refractivity contribution in [3.8, 4) is 0 Å². The average molecular weight is 268 g/mol. The van der Waals surface area contributed by atoms with Crippen LogP contribution in [0.4, 0.5) is 11.5 Å². The molecule has 1 aliphatic heterocycles. The minimum absolute atomic E-state index is 0.0677. The molecule has 7 heteroatoms. The minimum atomic E-state index is -0.378. The Morgan fingerprint density at radius 2 is 2.16 bits per heavy atom. The van der Waals surface area contributed by atoms with Crippen LogP contribution in [0.2, 0.25) is 0 Å². The summed E-state index contributed by atoms with van der Waals surface area (Å²) in [5.41, 5.74) is 0.620. The van der Waals surface area contributed by atoms with Gasteiger partial charge in [-0.3, -0.25) is 10.1 Å². The van der Waals surface area contributed by atoms with E-state index in [1.54, 1.807) is 14.0 Å². The van der Waals surface area contributed by atoms with Crippen LogP contribution in [-0.4, -0.2) is 34.5 Å². The van der Waals surface area contributed by atoms with Gasteiger partial charge in [-0.05, 0) is 25.2 Å². The van der Waals surface area contributed by atoms with Crippen LogP contribution < -0.4 is 5.32 Å². The van der Waals surface area contributed by atoms with Crippen LogP contribution in [0.5, 0.6) is 0 Å². The molecule has 1 aliphatic rings. The van der Waals surface area contributed by atoms with Crippen LogP contribution in [0, 0.1) is 22.5 Å². The fraction of sp³-hybridized carbons (Fsp3) is 0.750. The highest BCUT2D eigenvalue weighted by molar-refractivity contribution is 5.59. The first-order valence-electron chi connectivity index (χ1n) is 6.42. The lowest BCUT2D eigenvalue weighted by Gasteiger charge is -2.33. The van der Waals surface area contributed by atoms with E-state index in [2.05, 4.69) is 17.3 Å². The fourth-order valence-corrected chi connectivity index (χ4v) is 2.40. The predicted octanol–water partition coefficient (Wildman–Crippen LogP) is 1.87. The van der Waals surface area contributed by atoms with Gasteiger partial charge in [-0.25, -0.2) is 4.68 Å². The molecule has 0 radical (unpaired) electrons. The molecule has 1 aromatic rings. The molecule has 0 unspecified atom stereocenters. The molecule has 0 spiro atoms. The topological polar surface area (TPSA) is 82.2 Å². The Morgan fingerprint density at radius 3 is 2.74 bits per heavy atom. The molecule has 1 saturated heterocycles. The summed E-state index contributed by atoms with van der Waals surface area (Å²) in [4.78, 5) is 10.7. The molecule has 0 saturated carbocycles. The number of ether oxygens (including phenoxy) is 1. The van der Waals surface area contributed by atoms with Gasteiger partial charge in [-0.15, -0.1) is 0 Å². The molecular weight excluding hydrogens is 248 g/mol. The van der Waals surface area contributed by atoms with Gasteiger partial charge < -0.3 is 10.1 Å². The summed E-state index contributed by atoms with van der Waals surface area (Å²) in [5.74, 6) is 0.482. The molecule has 2 heterocycles. The standard InChI is InChI=1S/C12H20N4O3/c1-9-10(16(17)18)11(15(3)14-9)13-8-12(2)4-6-19-7-5-12/h13H,4-8H2,1-3H3. The quantitative estimate of drug-likeness (QED) is 0.665. The normalized spacial score (nSPS) is 18.3. The van der Waals surface area contributed by atoms with Crippen molar-refractivity contribution in [2.75, 3.05) is 25.1 Å². The molecule has 0 atom stereocenters. The van der Waals surface area contributed by atoms with Crippen molar-refractivity contribution in [2.24, 2.45) is 12.5 Å². The van der Waals surface area contributed by atoms with Crippen LogP contribution in [0.3, 0.4) is 0 Å². The largest absolute Gasteiger partial charge is 0.381 e. The number of nitrogens with zero attached hydrogens (tertiary/aromatic N) is 3. The van der Waals surface area contributed by atoms with Crippen LogP contribution in [0.1, 0.15) is 25.5 Å². The molecular formula is C12H20N4O3. The van der Waals surface area contributed by atoms with Crippen molar-refractivity contribution >= 4 is 11.5 Å². The summed E-state index contributed by atoms with van der Waals surface area (Å²) in [7, 11) is 1.72. The van der Waals surface area contributed by atoms with Gasteiger partial charge in [0.25, 0.3) is 0 Å². The molecule has 2 rings (SSSR count).